The van der Waals surface area contributed by atoms with Crippen LogP contribution in [-0.4, -0.2) is 38.9 Å². The fourth-order valence-electron chi connectivity index (χ4n) is 3.04. The molecular weight excluding hydrogens is 474 g/mol. The van der Waals surface area contributed by atoms with E-state index in [0.29, 0.717) is 30.7 Å². The molecule has 3 aromatic heterocycles. The van der Waals surface area contributed by atoms with Gasteiger partial charge in [-0.15, -0.1) is 0 Å². The molecule has 0 spiro atoms. The van der Waals surface area contributed by atoms with Gasteiger partial charge in [0.1, 0.15) is 22.0 Å². The molecule has 1 fully saturated rings. The predicted molar refractivity (Wildman–Crippen MR) is 122 cm³/mol. The number of carboxylic acid groups (broad SMARTS) is 1. The normalized spacial score (nSPS) is 13.0. The fraction of sp³-hybridized carbons (Fsp3) is 0.217. The number of nitrogens with zero attached hydrogens (tertiary/aromatic N) is 4. The molecule has 1 amide bonds. The number of carbonyl (C=O) groups is 2. The van der Waals surface area contributed by atoms with Crippen LogP contribution in [-0.2, 0) is 26.3 Å². The van der Waals surface area contributed by atoms with Crippen molar-refractivity contribution in [2.24, 2.45) is 0 Å². The van der Waals surface area contributed by atoms with Gasteiger partial charge in [0.2, 0.25) is 17.9 Å². The number of ether oxygens (including phenoxy) is 1. The Labute approximate surface area is 202 Å². The number of methoxy groups -OCH3 is 1. The lowest BCUT2D eigenvalue weighted by Gasteiger charge is -2.01. The zero-order valence-corrected chi connectivity index (χ0v) is 19.1. The van der Waals surface area contributed by atoms with Crippen molar-refractivity contribution in [3.8, 4) is 17.9 Å². The predicted octanol–water partition coefficient (Wildman–Crippen LogP) is 3.06. The van der Waals surface area contributed by atoms with E-state index in [0.717, 1.165) is 11.5 Å². The van der Waals surface area contributed by atoms with Crippen LogP contribution in [0.2, 0.25) is 0 Å². The number of nitriles is 1. The quantitative estimate of drug-likeness (QED) is 0.302. The van der Waals surface area contributed by atoms with Crippen LogP contribution in [0.3, 0.4) is 0 Å². The summed E-state index contributed by atoms with van der Waals surface area (Å²) < 4.78 is 19.5. The molecule has 12 heteroatoms. The van der Waals surface area contributed by atoms with Crippen molar-refractivity contribution < 1.29 is 28.3 Å². The number of rotatable bonds is 6. The number of hydrogen-bond donors (Lipinski definition) is 2. The first-order valence-electron chi connectivity index (χ1n) is 10.2. The van der Waals surface area contributed by atoms with E-state index < -0.39 is 11.4 Å². The summed E-state index contributed by atoms with van der Waals surface area (Å²) in [6.07, 6.45) is 1.34. The number of hydrogen-bond acceptors (Lipinski definition) is 10. The molecule has 11 nitrogen and oxygen atoms in total. The second-order valence-electron chi connectivity index (χ2n) is 7.31. The number of oxazole rings is 2. The molecule has 0 unspecified atom stereocenters. The van der Waals surface area contributed by atoms with Crippen LogP contribution in [0.5, 0.6) is 0 Å². The summed E-state index contributed by atoms with van der Waals surface area (Å²) in [7, 11) is 1.70. The van der Waals surface area contributed by atoms with E-state index in [1.807, 2.05) is 36.4 Å². The molecule has 35 heavy (non-hydrogen) atoms. The third-order valence-corrected chi connectivity index (χ3v) is 5.75. The lowest BCUT2D eigenvalue weighted by Crippen LogP contribution is -2.19. The molecule has 3 heterocycles. The lowest BCUT2D eigenvalue weighted by molar-refractivity contribution is -0.140. The second kappa shape index (κ2) is 10.2. The second-order valence-corrected chi connectivity index (χ2v) is 8.09. The highest BCUT2D eigenvalue weighted by Crippen LogP contribution is 2.48. The van der Waals surface area contributed by atoms with Gasteiger partial charge in [0.25, 0.3) is 5.89 Å². The van der Waals surface area contributed by atoms with Gasteiger partial charge in [0.15, 0.2) is 5.69 Å². The van der Waals surface area contributed by atoms with Gasteiger partial charge in [-0.25, -0.2) is 0 Å². The zero-order valence-electron chi connectivity index (χ0n) is 18.3. The molecule has 0 saturated heterocycles. The summed E-state index contributed by atoms with van der Waals surface area (Å²) in [5.74, 6) is 4.41. The summed E-state index contributed by atoms with van der Waals surface area (Å²) in [4.78, 5) is 30.4. The van der Waals surface area contributed by atoms with Crippen molar-refractivity contribution >= 4 is 41.0 Å². The number of nitrogens with one attached hydrogen (secondary N) is 1. The molecule has 0 atom stereocenters. The van der Waals surface area contributed by atoms with E-state index >= 15 is 0 Å². The summed E-state index contributed by atoms with van der Waals surface area (Å²) >= 11 is 0.945. The maximum absolute atomic E-state index is 11.3. The van der Waals surface area contributed by atoms with E-state index in [2.05, 4.69) is 31.5 Å². The van der Waals surface area contributed by atoms with E-state index in [1.54, 1.807) is 7.11 Å². The smallest absolute Gasteiger partial charge is 0.340 e. The molecule has 0 radical (unpaired) electrons. The number of carboxylic acids is 1. The Hall–Kier alpha value is -4.52. The van der Waals surface area contributed by atoms with Gasteiger partial charge in [-0.05, 0) is 41.8 Å². The first-order valence-corrected chi connectivity index (χ1v) is 10.9. The number of aliphatic carboxylic acids is 1. The van der Waals surface area contributed by atoms with Gasteiger partial charge in [0.05, 0.1) is 6.61 Å². The van der Waals surface area contributed by atoms with Crippen molar-refractivity contribution in [3.63, 3.8) is 0 Å². The Balaban J connectivity index is 0.000000271. The third kappa shape index (κ3) is 5.04. The van der Waals surface area contributed by atoms with Crippen LogP contribution in [0, 0.1) is 23.2 Å². The van der Waals surface area contributed by atoms with Crippen LogP contribution in [0.1, 0.15) is 40.8 Å². The molecule has 2 N–H and O–H groups in total. The van der Waals surface area contributed by atoms with Crippen molar-refractivity contribution in [2.45, 2.75) is 24.9 Å². The summed E-state index contributed by atoms with van der Waals surface area (Å²) in [5, 5.41) is 20.6. The first-order chi connectivity index (χ1) is 17.0. The average molecular weight is 491 g/mol. The number of anilines is 1. The van der Waals surface area contributed by atoms with Crippen LogP contribution in [0.15, 0.2) is 39.2 Å². The Bertz CT molecular complexity index is 1440. The van der Waals surface area contributed by atoms with Crippen molar-refractivity contribution in [1.29, 1.82) is 5.26 Å². The van der Waals surface area contributed by atoms with Crippen LogP contribution >= 0.6 is 11.5 Å². The lowest BCUT2D eigenvalue weighted by atomic mass is 10.1. The SMILES string of the molecule is COCc1ccccc1.N#Cc1nsc(C#Cc2nc3nc(C4(C(=O)O)CC4)oc3o2)c1NC=O. The van der Waals surface area contributed by atoms with Gasteiger partial charge < -0.3 is 24.0 Å². The Morgan fingerprint density at radius 1 is 1.29 bits per heavy atom. The molecule has 1 saturated carbocycles. The van der Waals surface area contributed by atoms with Crippen molar-refractivity contribution in [1.82, 2.24) is 14.3 Å². The van der Waals surface area contributed by atoms with Crippen LogP contribution in [0.25, 0.3) is 11.4 Å². The summed E-state index contributed by atoms with van der Waals surface area (Å²) in [5.41, 5.74) is 0.543. The molecule has 4 aromatic rings. The van der Waals surface area contributed by atoms with Crippen LogP contribution < -0.4 is 5.32 Å². The van der Waals surface area contributed by atoms with Crippen LogP contribution in [0.4, 0.5) is 5.69 Å². The standard InChI is InChI=1S/C15H7N5O5S.C8H10O/c16-5-7-10(17-6-21)8(26-20-7)1-2-9-18-11-12(24-9)25-13(19-11)15(3-4-15)14(22)23;1-9-7-8-5-3-2-4-6-8/h6H,3-4H2,(H,17,21)(H,22,23);2-6H,7H2,1H3. The van der Waals surface area contributed by atoms with Gasteiger partial charge in [-0.3, -0.25) is 9.59 Å². The van der Waals surface area contributed by atoms with E-state index in [-0.39, 0.29) is 34.6 Å². The number of aromatic nitrogens is 3. The zero-order chi connectivity index (χ0) is 24.8. The maximum atomic E-state index is 11.3. The Kier molecular flexibility index (Phi) is 6.87. The van der Waals surface area contributed by atoms with Gasteiger partial charge in [0, 0.05) is 7.11 Å². The number of amides is 1. The third-order valence-electron chi connectivity index (χ3n) is 4.98. The monoisotopic (exact) mass is 491 g/mol. The first kappa shape index (κ1) is 23.6. The van der Waals surface area contributed by atoms with E-state index in [4.69, 9.17) is 18.8 Å². The molecule has 5 rings (SSSR count). The molecule has 1 aliphatic carbocycles. The highest BCUT2D eigenvalue weighted by molar-refractivity contribution is 7.07. The van der Waals surface area contributed by atoms with Crippen molar-refractivity contribution in [2.75, 3.05) is 12.4 Å². The highest BCUT2D eigenvalue weighted by Gasteiger charge is 2.56. The van der Waals surface area contributed by atoms with Gasteiger partial charge in [-0.1, -0.05) is 30.3 Å². The largest absolute Gasteiger partial charge is 0.480 e. The minimum absolute atomic E-state index is 0.00179. The molecule has 1 aromatic carbocycles. The minimum atomic E-state index is -1.08. The molecular formula is C23H17N5O6S. The fourth-order valence-corrected chi connectivity index (χ4v) is 3.70. The Morgan fingerprint density at radius 3 is 2.66 bits per heavy atom. The van der Waals surface area contributed by atoms with Gasteiger partial charge in [-0.2, -0.15) is 19.6 Å². The molecule has 176 valence electrons. The minimum Gasteiger partial charge on any atom is -0.480 e. The number of carbonyl (C=O) groups excluding carboxylic acids is 1. The van der Waals surface area contributed by atoms with Gasteiger partial charge >= 0.3 is 11.7 Å². The molecule has 1 aliphatic rings. The highest BCUT2D eigenvalue weighted by atomic mass is 32.1. The van der Waals surface area contributed by atoms with E-state index in [9.17, 15) is 14.7 Å². The number of fused-ring (bicyclic) bond motifs is 1. The maximum Gasteiger partial charge on any atom is 0.340 e. The topological polar surface area (TPSA) is 164 Å². The summed E-state index contributed by atoms with van der Waals surface area (Å²) in [6, 6.07) is 12.0. The molecule has 0 bridgehead atoms. The van der Waals surface area contributed by atoms with E-state index in [1.165, 1.54) is 5.56 Å². The Morgan fingerprint density at radius 2 is 2.06 bits per heavy atom. The molecule has 0 aliphatic heterocycles. The average Bonchev–Trinajstić information content (AvgIpc) is 3.24. The number of benzene rings is 1. The van der Waals surface area contributed by atoms with Crippen molar-refractivity contribution in [3.05, 3.63) is 58.2 Å². The summed E-state index contributed by atoms with van der Waals surface area (Å²) in [6.45, 7) is 0.709.